The predicted octanol–water partition coefficient (Wildman–Crippen LogP) is 6.42. The summed E-state index contributed by atoms with van der Waals surface area (Å²) in [6.07, 6.45) is -11.2. The van der Waals surface area contributed by atoms with Gasteiger partial charge < -0.3 is 4.74 Å². The third-order valence-corrected chi connectivity index (χ3v) is 3.34. The molecular weight excluding hydrogens is 368 g/mol. The molecule has 0 aliphatic rings. The summed E-state index contributed by atoms with van der Waals surface area (Å²) in [5.41, 5.74) is -2.75. The molecule has 0 aromatic heterocycles. The molecule has 21 heavy (non-hydrogen) atoms. The van der Waals surface area contributed by atoms with E-state index in [2.05, 4.69) is 4.74 Å². The lowest BCUT2D eigenvalue weighted by atomic mass is 10.2. The van der Waals surface area contributed by atoms with Crippen molar-refractivity contribution >= 4 is 34.8 Å². The molecule has 10 heteroatoms. The van der Waals surface area contributed by atoms with Crippen molar-refractivity contribution in [1.82, 2.24) is 0 Å². The largest absolute Gasteiger partial charge is 0.461 e. The number of rotatable bonds is 2. The minimum atomic E-state index is -5.62. The van der Waals surface area contributed by atoms with Crippen LogP contribution in [0.15, 0.2) is 23.5 Å². The van der Waals surface area contributed by atoms with Gasteiger partial charge in [-0.3, -0.25) is 0 Å². The summed E-state index contributed by atoms with van der Waals surface area (Å²) in [4.78, 5) is 0. The molecule has 0 bridgehead atoms. The smallest absolute Gasteiger partial charge is 0.424 e. The summed E-state index contributed by atoms with van der Waals surface area (Å²) in [5.74, 6) is -1.79. The maximum absolute atomic E-state index is 12.5. The lowest BCUT2D eigenvalue weighted by molar-refractivity contribution is -0.175. The van der Waals surface area contributed by atoms with E-state index in [9.17, 15) is 26.3 Å². The van der Waals surface area contributed by atoms with E-state index >= 15 is 0 Å². The third kappa shape index (κ3) is 4.59. The molecule has 0 aliphatic heterocycles. The summed E-state index contributed by atoms with van der Waals surface area (Å²) < 4.78 is 79.3. The Bertz CT molecular complexity index is 537. The maximum Gasteiger partial charge on any atom is 0.424 e. The Hall–Kier alpha value is -0.790. The minimum absolute atomic E-state index is 0.0980. The van der Waals surface area contributed by atoms with Crippen LogP contribution in [-0.4, -0.2) is 12.4 Å². The summed E-state index contributed by atoms with van der Waals surface area (Å²) in [5, 5.41) is -0.445. The predicted molar refractivity (Wildman–Crippen MR) is 66.9 cm³/mol. The number of ether oxygens (including phenoxy) is 1. The highest BCUT2D eigenvalue weighted by Gasteiger charge is 2.53. The molecule has 0 amide bonds. The Morgan fingerprint density at radius 3 is 1.62 bits per heavy atom. The Morgan fingerprint density at radius 2 is 1.29 bits per heavy atom. The number of benzene rings is 1. The number of hydrogen-bond donors (Lipinski definition) is 0. The molecule has 118 valence electrons. The van der Waals surface area contributed by atoms with Crippen LogP contribution in [0.5, 0.6) is 5.75 Å². The van der Waals surface area contributed by atoms with Gasteiger partial charge in [-0.05, 0) is 6.92 Å². The van der Waals surface area contributed by atoms with Crippen LogP contribution in [0.4, 0.5) is 26.3 Å². The van der Waals surface area contributed by atoms with E-state index in [0.29, 0.717) is 6.92 Å². The molecular formula is C11H5Cl3F6O. The van der Waals surface area contributed by atoms with Crippen molar-refractivity contribution in [3.63, 3.8) is 0 Å². The van der Waals surface area contributed by atoms with Gasteiger partial charge in [-0.2, -0.15) is 26.3 Å². The Morgan fingerprint density at radius 1 is 0.905 bits per heavy atom. The quantitative estimate of drug-likeness (QED) is 0.330. The summed E-state index contributed by atoms with van der Waals surface area (Å²) >= 11 is 16.8. The SMILES string of the molecule is CC(Oc1cc(Cl)c(Cl)c(Cl)c1)=C(C(F)(F)F)C(F)(F)F. The molecule has 1 nitrogen and oxygen atoms in total. The second-order valence-corrected chi connectivity index (χ2v) is 4.92. The van der Waals surface area contributed by atoms with Gasteiger partial charge in [-0.25, -0.2) is 0 Å². The molecule has 0 N–H and O–H groups in total. The Kier molecular flexibility index (Phi) is 5.34. The first-order chi connectivity index (χ1) is 9.34. The van der Waals surface area contributed by atoms with Crippen LogP contribution in [0.1, 0.15) is 6.92 Å². The molecule has 0 spiro atoms. The molecule has 0 saturated heterocycles. The van der Waals surface area contributed by atoms with Crippen LogP contribution in [0.25, 0.3) is 0 Å². The second kappa shape index (κ2) is 6.14. The van der Waals surface area contributed by atoms with Crippen molar-refractivity contribution in [3.8, 4) is 5.75 Å². The number of allylic oxidation sites excluding steroid dienone is 2. The Labute approximate surface area is 130 Å². The first kappa shape index (κ1) is 18.3. The third-order valence-electron chi connectivity index (χ3n) is 2.15. The average Bonchev–Trinajstić information content (AvgIpc) is 2.21. The highest BCUT2D eigenvalue weighted by molar-refractivity contribution is 6.48. The van der Waals surface area contributed by atoms with Crippen molar-refractivity contribution in [2.24, 2.45) is 0 Å². The topological polar surface area (TPSA) is 9.23 Å². The number of alkyl halides is 6. The van der Waals surface area contributed by atoms with E-state index in [1.807, 2.05) is 0 Å². The lowest BCUT2D eigenvalue weighted by Gasteiger charge is -2.18. The van der Waals surface area contributed by atoms with E-state index in [0.717, 1.165) is 12.1 Å². The Balaban J connectivity index is 3.29. The fourth-order valence-electron chi connectivity index (χ4n) is 1.38. The van der Waals surface area contributed by atoms with Gasteiger partial charge in [0.05, 0.1) is 15.1 Å². The minimum Gasteiger partial charge on any atom is -0.461 e. The van der Waals surface area contributed by atoms with Crippen molar-refractivity contribution < 1.29 is 31.1 Å². The van der Waals surface area contributed by atoms with Crippen molar-refractivity contribution in [2.75, 3.05) is 0 Å². The van der Waals surface area contributed by atoms with Gasteiger partial charge in [-0.15, -0.1) is 0 Å². The molecule has 0 aliphatic carbocycles. The molecule has 0 unspecified atom stereocenters. The highest BCUT2D eigenvalue weighted by atomic mass is 35.5. The van der Waals surface area contributed by atoms with Crippen molar-refractivity contribution in [1.29, 1.82) is 0 Å². The van der Waals surface area contributed by atoms with E-state index in [1.165, 1.54) is 0 Å². The summed E-state index contributed by atoms with van der Waals surface area (Å²) in [6, 6.07) is 1.90. The number of hydrogen-bond acceptors (Lipinski definition) is 1. The summed E-state index contributed by atoms with van der Waals surface area (Å²) in [6.45, 7) is 0.534. The van der Waals surface area contributed by atoms with Gasteiger partial charge in [0.2, 0.25) is 0 Å². The second-order valence-electron chi connectivity index (χ2n) is 3.73. The van der Waals surface area contributed by atoms with Crippen LogP contribution < -0.4 is 4.74 Å². The van der Waals surface area contributed by atoms with Crippen LogP contribution in [0.2, 0.25) is 15.1 Å². The zero-order valence-electron chi connectivity index (χ0n) is 9.96. The van der Waals surface area contributed by atoms with E-state index in [-0.39, 0.29) is 15.1 Å². The van der Waals surface area contributed by atoms with Gasteiger partial charge >= 0.3 is 12.4 Å². The average molecular weight is 374 g/mol. The van der Waals surface area contributed by atoms with Gasteiger partial charge in [0.1, 0.15) is 11.5 Å². The molecule has 1 rings (SSSR count). The maximum atomic E-state index is 12.5. The lowest BCUT2D eigenvalue weighted by Crippen LogP contribution is -2.28. The molecule has 0 saturated carbocycles. The first-order valence-electron chi connectivity index (χ1n) is 5.01. The van der Waals surface area contributed by atoms with E-state index < -0.39 is 29.4 Å². The fourth-order valence-corrected chi connectivity index (χ4v) is 1.96. The fraction of sp³-hybridized carbons (Fsp3) is 0.273. The van der Waals surface area contributed by atoms with Gasteiger partial charge in [0.25, 0.3) is 0 Å². The molecule has 1 aromatic rings. The summed E-state index contributed by atoms with van der Waals surface area (Å²) in [7, 11) is 0. The highest BCUT2D eigenvalue weighted by Crippen LogP contribution is 2.42. The van der Waals surface area contributed by atoms with Crippen LogP contribution in [0, 0.1) is 0 Å². The van der Waals surface area contributed by atoms with Gasteiger partial charge in [0.15, 0.2) is 5.57 Å². The van der Waals surface area contributed by atoms with Crippen molar-refractivity contribution in [3.05, 3.63) is 38.5 Å². The van der Waals surface area contributed by atoms with Gasteiger partial charge in [-0.1, -0.05) is 34.8 Å². The standard InChI is InChI=1S/C11H5Cl3F6O/c1-4(9(10(15,16)17)11(18,19)20)21-5-2-6(12)8(14)7(13)3-5/h2-3H,1H3. The number of halogens is 9. The first-order valence-corrected chi connectivity index (χ1v) is 6.15. The van der Waals surface area contributed by atoms with Crippen LogP contribution in [-0.2, 0) is 0 Å². The van der Waals surface area contributed by atoms with Crippen LogP contribution in [0.3, 0.4) is 0 Å². The van der Waals surface area contributed by atoms with E-state index in [4.69, 9.17) is 34.8 Å². The zero-order valence-corrected chi connectivity index (χ0v) is 12.2. The normalized spacial score (nSPS) is 12.3. The van der Waals surface area contributed by atoms with E-state index in [1.54, 1.807) is 0 Å². The van der Waals surface area contributed by atoms with Crippen LogP contribution >= 0.6 is 34.8 Å². The molecule has 0 radical (unpaired) electrons. The van der Waals surface area contributed by atoms with Crippen molar-refractivity contribution in [2.45, 2.75) is 19.3 Å². The molecule has 0 atom stereocenters. The van der Waals surface area contributed by atoms with Gasteiger partial charge in [0, 0.05) is 12.1 Å². The molecule has 0 fully saturated rings. The monoisotopic (exact) mass is 372 g/mol. The zero-order chi connectivity index (χ0) is 16.6. The molecule has 0 heterocycles. The molecule has 1 aromatic carbocycles.